The second-order valence-electron chi connectivity index (χ2n) is 3.89. The predicted octanol–water partition coefficient (Wildman–Crippen LogP) is 3.34. The molecule has 98 valence electrons. The summed E-state index contributed by atoms with van der Waals surface area (Å²) < 4.78 is 5.14. The summed E-state index contributed by atoms with van der Waals surface area (Å²) in [6, 6.07) is 11.0. The van der Waals surface area contributed by atoms with Crippen LogP contribution < -0.4 is 0 Å². The van der Waals surface area contributed by atoms with Crippen LogP contribution in [0.2, 0.25) is 0 Å². The molecule has 5 heteroatoms. The monoisotopic (exact) mass is 294 g/mol. The molecular weight excluding hydrogens is 284 g/mol. The van der Waals surface area contributed by atoms with Crippen molar-refractivity contribution in [2.45, 2.75) is 12.5 Å². The Labute approximate surface area is 119 Å². The number of hydrogen-bond donors (Lipinski definition) is 0. The van der Waals surface area contributed by atoms with Crippen molar-refractivity contribution >= 4 is 34.1 Å². The average molecular weight is 295 g/mol. The van der Waals surface area contributed by atoms with E-state index in [-0.39, 0.29) is 6.61 Å². The van der Waals surface area contributed by atoms with Crippen molar-refractivity contribution in [3.8, 4) is 0 Å². The molecule has 1 aromatic heterocycles. The highest BCUT2D eigenvalue weighted by molar-refractivity contribution is 7.08. The zero-order valence-corrected chi connectivity index (χ0v) is 11.5. The molecule has 0 bridgehead atoms. The van der Waals surface area contributed by atoms with Gasteiger partial charge in [-0.15, -0.1) is 0 Å². The third-order valence-corrected chi connectivity index (χ3v) is 3.48. The minimum atomic E-state index is -1.04. The molecule has 1 aromatic carbocycles. The van der Waals surface area contributed by atoms with E-state index in [1.54, 1.807) is 16.8 Å². The Kier molecular flexibility index (Phi) is 4.71. The van der Waals surface area contributed by atoms with E-state index in [1.807, 2.05) is 30.3 Å². The molecule has 0 N–H and O–H groups in total. The van der Waals surface area contributed by atoms with Gasteiger partial charge in [-0.2, -0.15) is 11.3 Å². The van der Waals surface area contributed by atoms with Gasteiger partial charge in [-0.25, -0.2) is 0 Å². The van der Waals surface area contributed by atoms with Crippen LogP contribution in [-0.2, 0) is 20.9 Å². The lowest BCUT2D eigenvalue weighted by Crippen LogP contribution is -2.20. The topological polar surface area (TPSA) is 43.4 Å². The highest BCUT2D eigenvalue weighted by Crippen LogP contribution is 2.23. The van der Waals surface area contributed by atoms with Crippen molar-refractivity contribution in [3.63, 3.8) is 0 Å². The second-order valence-corrected chi connectivity index (χ2v) is 5.04. The van der Waals surface area contributed by atoms with Crippen LogP contribution in [0.3, 0.4) is 0 Å². The van der Waals surface area contributed by atoms with Gasteiger partial charge in [0.15, 0.2) is 5.92 Å². The number of carbonyl (C=O) groups excluding carboxylic acids is 2. The molecule has 0 radical (unpaired) electrons. The van der Waals surface area contributed by atoms with Crippen molar-refractivity contribution < 1.29 is 14.3 Å². The largest absolute Gasteiger partial charge is 0.460 e. The van der Waals surface area contributed by atoms with Crippen LogP contribution in [-0.4, -0.2) is 11.2 Å². The fraction of sp³-hybridized carbons (Fsp3) is 0.143. The zero-order chi connectivity index (χ0) is 13.7. The van der Waals surface area contributed by atoms with Crippen molar-refractivity contribution in [2.24, 2.45) is 0 Å². The Morgan fingerprint density at radius 1 is 1.21 bits per heavy atom. The lowest BCUT2D eigenvalue weighted by Gasteiger charge is -2.11. The fourth-order valence-corrected chi connectivity index (χ4v) is 2.51. The molecule has 19 heavy (non-hydrogen) atoms. The highest BCUT2D eigenvalue weighted by Gasteiger charge is 2.29. The summed E-state index contributed by atoms with van der Waals surface area (Å²) in [6.45, 7) is 0.129. The van der Waals surface area contributed by atoms with Crippen LogP contribution in [0.15, 0.2) is 47.2 Å². The van der Waals surface area contributed by atoms with Gasteiger partial charge in [-0.05, 0) is 39.6 Å². The molecule has 0 amide bonds. The molecular formula is C14H11ClO3S. The summed E-state index contributed by atoms with van der Waals surface area (Å²) >= 11 is 6.88. The van der Waals surface area contributed by atoms with E-state index < -0.39 is 17.1 Å². The SMILES string of the molecule is O=C(Cl)C(C(=O)OCc1ccccc1)c1ccsc1. The van der Waals surface area contributed by atoms with Crippen molar-refractivity contribution in [3.05, 3.63) is 58.3 Å². The molecule has 0 aliphatic rings. The van der Waals surface area contributed by atoms with E-state index in [0.29, 0.717) is 5.56 Å². The maximum Gasteiger partial charge on any atom is 0.322 e. The van der Waals surface area contributed by atoms with E-state index in [4.69, 9.17) is 16.3 Å². The summed E-state index contributed by atoms with van der Waals surface area (Å²) in [5.74, 6) is -1.67. The first kappa shape index (κ1) is 13.8. The Balaban J connectivity index is 2.03. The molecule has 0 saturated heterocycles. The van der Waals surface area contributed by atoms with E-state index >= 15 is 0 Å². The summed E-state index contributed by atoms with van der Waals surface area (Å²) in [4.78, 5) is 23.3. The van der Waals surface area contributed by atoms with Crippen molar-refractivity contribution in [2.75, 3.05) is 0 Å². The van der Waals surface area contributed by atoms with Gasteiger partial charge in [-0.3, -0.25) is 9.59 Å². The number of thiophene rings is 1. The lowest BCUT2D eigenvalue weighted by atomic mass is 10.0. The van der Waals surface area contributed by atoms with E-state index in [1.165, 1.54) is 11.3 Å². The number of ether oxygens (including phenoxy) is 1. The quantitative estimate of drug-likeness (QED) is 0.482. The molecule has 1 atom stereocenters. The van der Waals surface area contributed by atoms with Crippen LogP contribution in [0.25, 0.3) is 0 Å². The van der Waals surface area contributed by atoms with Crippen LogP contribution >= 0.6 is 22.9 Å². The number of benzene rings is 1. The molecule has 0 saturated carbocycles. The Bertz CT molecular complexity index is 551. The van der Waals surface area contributed by atoms with Gasteiger partial charge in [0.25, 0.3) is 0 Å². The smallest absolute Gasteiger partial charge is 0.322 e. The second kappa shape index (κ2) is 6.50. The summed E-state index contributed by atoms with van der Waals surface area (Å²) in [5.41, 5.74) is 1.44. The van der Waals surface area contributed by atoms with Gasteiger partial charge in [0, 0.05) is 0 Å². The highest BCUT2D eigenvalue weighted by atomic mass is 35.5. The van der Waals surface area contributed by atoms with Gasteiger partial charge in [0.2, 0.25) is 5.24 Å². The average Bonchev–Trinajstić information content (AvgIpc) is 2.91. The van der Waals surface area contributed by atoms with E-state index in [9.17, 15) is 9.59 Å². The van der Waals surface area contributed by atoms with Crippen LogP contribution in [0, 0.1) is 0 Å². The summed E-state index contributed by atoms with van der Waals surface area (Å²) in [7, 11) is 0. The molecule has 0 spiro atoms. The van der Waals surface area contributed by atoms with Gasteiger partial charge >= 0.3 is 5.97 Å². The molecule has 2 rings (SSSR count). The molecule has 3 nitrogen and oxygen atoms in total. The Hall–Kier alpha value is -1.65. The molecule has 2 aromatic rings. The zero-order valence-electron chi connectivity index (χ0n) is 9.91. The van der Waals surface area contributed by atoms with Gasteiger partial charge < -0.3 is 4.74 Å². The number of esters is 1. The molecule has 0 fully saturated rings. The number of carbonyl (C=O) groups is 2. The fourth-order valence-electron chi connectivity index (χ4n) is 1.61. The normalized spacial score (nSPS) is 11.8. The third-order valence-electron chi connectivity index (χ3n) is 2.56. The number of halogens is 1. The van der Waals surface area contributed by atoms with Crippen LogP contribution in [0.1, 0.15) is 17.0 Å². The van der Waals surface area contributed by atoms with Crippen molar-refractivity contribution in [1.82, 2.24) is 0 Å². The minimum absolute atomic E-state index is 0.129. The number of hydrogen-bond acceptors (Lipinski definition) is 4. The van der Waals surface area contributed by atoms with E-state index in [0.717, 1.165) is 5.56 Å². The maximum atomic E-state index is 11.9. The first-order chi connectivity index (χ1) is 9.18. The van der Waals surface area contributed by atoms with Crippen LogP contribution in [0.5, 0.6) is 0 Å². The standard InChI is InChI=1S/C14H11ClO3S/c15-13(16)12(11-6-7-19-9-11)14(17)18-8-10-4-2-1-3-5-10/h1-7,9,12H,8H2. The molecule has 0 aliphatic heterocycles. The molecule has 1 unspecified atom stereocenters. The minimum Gasteiger partial charge on any atom is -0.460 e. The van der Waals surface area contributed by atoms with Gasteiger partial charge in [0.1, 0.15) is 6.61 Å². The van der Waals surface area contributed by atoms with Gasteiger partial charge in [0.05, 0.1) is 0 Å². The lowest BCUT2D eigenvalue weighted by molar-refractivity contribution is -0.148. The van der Waals surface area contributed by atoms with Crippen LogP contribution in [0.4, 0.5) is 0 Å². The predicted molar refractivity (Wildman–Crippen MR) is 74.2 cm³/mol. The summed E-state index contributed by atoms with van der Waals surface area (Å²) in [5, 5.41) is 2.78. The Morgan fingerprint density at radius 2 is 1.95 bits per heavy atom. The third kappa shape index (κ3) is 3.66. The summed E-state index contributed by atoms with van der Waals surface area (Å²) in [6.07, 6.45) is 0. The Morgan fingerprint density at radius 3 is 2.53 bits per heavy atom. The molecule has 1 heterocycles. The first-order valence-electron chi connectivity index (χ1n) is 5.60. The van der Waals surface area contributed by atoms with E-state index in [2.05, 4.69) is 0 Å². The number of rotatable bonds is 5. The van der Waals surface area contributed by atoms with Crippen molar-refractivity contribution in [1.29, 1.82) is 0 Å². The molecule has 0 aliphatic carbocycles. The van der Waals surface area contributed by atoms with Gasteiger partial charge in [-0.1, -0.05) is 30.3 Å². The first-order valence-corrected chi connectivity index (χ1v) is 6.92. The maximum absolute atomic E-state index is 11.9.